The predicted octanol–water partition coefficient (Wildman–Crippen LogP) is 2.12. The minimum atomic E-state index is -2.59. The van der Waals surface area contributed by atoms with Crippen molar-refractivity contribution in [3.63, 3.8) is 0 Å². The lowest BCUT2D eigenvalue weighted by molar-refractivity contribution is 0.102. The number of aromatic nitrogens is 2. The zero-order valence-electron chi connectivity index (χ0n) is 14.5. The Hall–Kier alpha value is -2.43. The van der Waals surface area contributed by atoms with Gasteiger partial charge in [0.1, 0.15) is 5.82 Å². The largest absolute Gasteiger partial charge is 0.318 e. The van der Waals surface area contributed by atoms with Crippen molar-refractivity contribution in [2.24, 2.45) is 0 Å². The van der Waals surface area contributed by atoms with E-state index in [1.807, 2.05) is 0 Å². The van der Waals surface area contributed by atoms with Gasteiger partial charge in [0.25, 0.3) is 5.91 Å². The number of pyridine rings is 2. The molecule has 0 fully saturated rings. The molecule has 2 aromatic heterocycles. The quantitative estimate of drug-likeness (QED) is 0.772. The summed E-state index contributed by atoms with van der Waals surface area (Å²) >= 11 is 0. The molecule has 1 aliphatic heterocycles. The summed E-state index contributed by atoms with van der Waals surface area (Å²) in [5.74, 6) is -0.283. The Balaban J connectivity index is 2.33. The van der Waals surface area contributed by atoms with Crippen molar-refractivity contribution >= 4 is 23.2 Å². The molecule has 1 N–H and O–H groups in total. The summed E-state index contributed by atoms with van der Waals surface area (Å²) < 4.78 is 38.6. The summed E-state index contributed by atoms with van der Waals surface area (Å²) in [7, 11) is 1.57. The van der Waals surface area contributed by atoms with E-state index >= 15 is 0 Å². The fourth-order valence-corrected chi connectivity index (χ4v) is 1.83. The zero-order valence-corrected chi connectivity index (χ0v) is 9.48. The molecule has 1 amide bonds. The zero-order chi connectivity index (χ0) is 16.9. The highest BCUT2D eigenvalue weighted by Gasteiger charge is 2.25. The van der Waals surface area contributed by atoms with E-state index < -0.39 is 12.8 Å². The number of carbonyl (C=O) groups is 1. The highest BCUT2D eigenvalue weighted by molar-refractivity contribution is 6.11. The average molecular weight is 245 g/mol. The minimum absolute atomic E-state index is 0.0241. The van der Waals surface area contributed by atoms with Gasteiger partial charge in [0.2, 0.25) is 0 Å². The Labute approximate surface area is 112 Å². The van der Waals surface area contributed by atoms with Gasteiger partial charge < -0.3 is 10.2 Å². The Morgan fingerprint density at radius 2 is 2.17 bits per heavy atom. The van der Waals surface area contributed by atoms with E-state index in [0.29, 0.717) is 0 Å². The summed E-state index contributed by atoms with van der Waals surface area (Å²) in [6.07, 6.45) is 2.51. The molecule has 5 nitrogen and oxygen atoms in total. The number of hydrogen-bond acceptors (Lipinski definition) is 4. The molecular formula is C13H12N4O. The summed E-state index contributed by atoms with van der Waals surface area (Å²) in [6, 6.07) is 1.05. The second kappa shape index (κ2) is 3.80. The topological polar surface area (TPSA) is 58.1 Å². The number of carbonyl (C=O) groups excluding carboxylic acids is 1. The van der Waals surface area contributed by atoms with Crippen molar-refractivity contribution in [3.05, 3.63) is 41.7 Å². The smallest absolute Gasteiger partial charge is 0.259 e. The summed E-state index contributed by atoms with van der Waals surface area (Å²) in [5, 5.41) is 2.48. The van der Waals surface area contributed by atoms with Crippen LogP contribution in [0.2, 0.25) is 0 Å². The lowest BCUT2D eigenvalue weighted by Gasteiger charge is -2.18. The van der Waals surface area contributed by atoms with Crippen LogP contribution in [0.3, 0.4) is 0 Å². The van der Waals surface area contributed by atoms with Crippen LogP contribution in [0.4, 0.5) is 17.3 Å². The number of fused-ring (bicyclic) bond motifs is 2. The number of hydrogen-bond donors (Lipinski definition) is 1. The highest BCUT2D eigenvalue weighted by atomic mass is 16.1. The maximum atomic E-state index is 12.5. The van der Waals surface area contributed by atoms with Crippen LogP contribution in [0.1, 0.15) is 22.8 Å². The Morgan fingerprint density at radius 1 is 1.33 bits per heavy atom. The normalized spacial score (nSPS) is 18.2. The number of anilines is 3. The van der Waals surface area contributed by atoms with Gasteiger partial charge in [0, 0.05) is 23.6 Å². The molecule has 2 aromatic rings. The predicted molar refractivity (Wildman–Crippen MR) is 69.2 cm³/mol. The molecule has 18 heavy (non-hydrogen) atoms. The molecule has 1 aliphatic rings. The van der Waals surface area contributed by atoms with Gasteiger partial charge in [-0.3, -0.25) is 4.79 Å². The maximum Gasteiger partial charge on any atom is 0.259 e. The third-order valence-electron chi connectivity index (χ3n) is 2.69. The number of amides is 1. The summed E-state index contributed by atoms with van der Waals surface area (Å²) in [5.41, 5.74) is -0.319. The maximum absolute atomic E-state index is 12.5. The Kier molecular flexibility index (Phi) is 1.37. The number of nitrogens with zero attached hydrogens (tertiary/aromatic N) is 3. The molecule has 0 aromatic carbocycles. The first-order valence-corrected chi connectivity index (χ1v) is 5.22. The fraction of sp³-hybridized carbons (Fsp3) is 0.154. The van der Waals surface area contributed by atoms with Gasteiger partial charge in [0.15, 0.2) is 5.82 Å². The number of rotatable bonds is 0. The molecule has 3 rings (SSSR count). The van der Waals surface area contributed by atoms with Gasteiger partial charge in [-0.25, -0.2) is 9.97 Å². The highest BCUT2D eigenvalue weighted by Crippen LogP contribution is 2.35. The van der Waals surface area contributed by atoms with Crippen LogP contribution in [0.5, 0.6) is 0 Å². The first kappa shape index (κ1) is 6.49. The standard InChI is InChI=1S/C13H12N4O/c1-8-5-7-15-12-10(8)16-13(18)9-4-3-6-14-11(9)17(12)2/h3-7H,1-2H3,(H,16,18)/i1D3,4D,5D. The third kappa shape index (κ3) is 1.44. The molecule has 5 heteroatoms. The third-order valence-corrected chi connectivity index (χ3v) is 2.69. The lowest BCUT2D eigenvalue weighted by atomic mass is 10.2. The van der Waals surface area contributed by atoms with Crippen LogP contribution in [-0.2, 0) is 0 Å². The van der Waals surface area contributed by atoms with Gasteiger partial charge in [0.05, 0.1) is 14.0 Å². The Bertz CT molecular complexity index is 821. The first-order chi connectivity index (χ1) is 10.7. The molecule has 0 spiro atoms. The molecule has 0 unspecified atom stereocenters. The first-order valence-electron chi connectivity index (χ1n) is 7.72. The summed E-state index contributed by atoms with van der Waals surface area (Å²) in [4.78, 5) is 22.1. The number of nitrogens with one attached hydrogen (secondary N) is 1. The SMILES string of the molecule is [2H]c1ccnc2c1C(=O)Nc1c(ncc([2H])c1C([2H])([2H])[2H])N2C. The second-order valence-electron chi connectivity index (χ2n) is 3.78. The molecule has 0 saturated carbocycles. The van der Waals surface area contributed by atoms with E-state index in [1.54, 1.807) is 7.05 Å². The molecular weight excluding hydrogens is 228 g/mol. The van der Waals surface area contributed by atoms with Gasteiger partial charge in [-0.2, -0.15) is 0 Å². The molecule has 0 saturated heterocycles. The van der Waals surface area contributed by atoms with Crippen molar-refractivity contribution < 1.29 is 11.6 Å². The molecule has 3 heterocycles. The van der Waals surface area contributed by atoms with Crippen molar-refractivity contribution in [1.82, 2.24) is 9.97 Å². The lowest BCUT2D eigenvalue weighted by Crippen LogP contribution is -2.14. The monoisotopic (exact) mass is 245 g/mol. The van der Waals surface area contributed by atoms with Crippen molar-refractivity contribution in [3.8, 4) is 0 Å². The molecule has 0 radical (unpaired) electrons. The van der Waals surface area contributed by atoms with Gasteiger partial charge in [-0.05, 0) is 30.6 Å². The van der Waals surface area contributed by atoms with Crippen LogP contribution in [0.15, 0.2) is 30.5 Å². The molecule has 0 atom stereocenters. The van der Waals surface area contributed by atoms with Gasteiger partial charge >= 0.3 is 0 Å². The fourth-order valence-electron chi connectivity index (χ4n) is 1.83. The van der Waals surface area contributed by atoms with E-state index in [1.165, 1.54) is 17.2 Å². The van der Waals surface area contributed by atoms with Crippen LogP contribution < -0.4 is 10.2 Å². The Morgan fingerprint density at radius 3 is 3.00 bits per heavy atom. The molecule has 90 valence electrons. The minimum Gasteiger partial charge on any atom is -0.318 e. The molecule has 0 bridgehead atoms. The van der Waals surface area contributed by atoms with Crippen LogP contribution in [0, 0.1) is 6.85 Å². The summed E-state index contributed by atoms with van der Waals surface area (Å²) in [6.45, 7) is -2.59. The van der Waals surface area contributed by atoms with Gasteiger partial charge in [-0.1, -0.05) is 0 Å². The second-order valence-corrected chi connectivity index (χ2v) is 3.78. The van der Waals surface area contributed by atoms with Gasteiger partial charge in [-0.15, -0.1) is 0 Å². The van der Waals surface area contributed by atoms with Crippen molar-refractivity contribution in [1.29, 1.82) is 0 Å². The van der Waals surface area contributed by atoms with Crippen LogP contribution in [0.25, 0.3) is 0 Å². The van der Waals surface area contributed by atoms with Crippen molar-refractivity contribution in [2.75, 3.05) is 17.3 Å². The van der Waals surface area contributed by atoms with E-state index in [-0.39, 0.29) is 40.5 Å². The van der Waals surface area contributed by atoms with Crippen LogP contribution in [-0.4, -0.2) is 22.9 Å². The van der Waals surface area contributed by atoms with E-state index in [0.717, 1.165) is 6.20 Å². The molecule has 0 aliphatic carbocycles. The van der Waals surface area contributed by atoms with E-state index in [2.05, 4.69) is 15.3 Å². The average Bonchev–Trinajstić information content (AvgIpc) is 2.54. The van der Waals surface area contributed by atoms with Crippen LogP contribution >= 0.6 is 0 Å². The van der Waals surface area contributed by atoms with E-state index in [4.69, 9.17) is 6.85 Å². The van der Waals surface area contributed by atoms with Crippen molar-refractivity contribution in [2.45, 2.75) is 6.85 Å². The van der Waals surface area contributed by atoms with E-state index in [9.17, 15) is 4.79 Å².